The molecule has 3 rings (SSSR count). The number of hydrogen-bond acceptors (Lipinski definition) is 2. The Morgan fingerprint density at radius 1 is 1.00 bits per heavy atom. The van der Waals surface area contributed by atoms with Crippen LogP contribution in [0, 0.1) is 6.92 Å². The maximum Gasteiger partial charge on any atom is 0.134 e. The molecule has 2 nitrogen and oxygen atoms in total. The molecule has 0 spiro atoms. The molecule has 0 fully saturated rings. The lowest BCUT2D eigenvalue weighted by Gasteiger charge is -2.10. The number of aryl methyl sites for hydroxylation is 1. The molecule has 0 saturated heterocycles. The number of nitrogens with two attached hydrogens (primary N) is 1. The Balaban J connectivity index is 2.09. The second kappa shape index (κ2) is 5.13. The van der Waals surface area contributed by atoms with Gasteiger partial charge in [0.05, 0.1) is 6.04 Å². The van der Waals surface area contributed by atoms with Crippen molar-refractivity contribution in [3.63, 3.8) is 0 Å². The van der Waals surface area contributed by atoms with E-state index < -0.39 is 0 Å². The molecule has 1 heterocycles. The molecule has 1 unspecified atom stereocenters. The van der Waals surface area contributed by atoms with E-state index in [1.54, 1.807) is 0 Å². The molecule has 0 bridgehead atoms. The summed E-state index contributed by atoms with van der Waals surface area (Å²) in [6.07, 6.45) is 0. The largest absolute Gasteiger partial charge is 0.459 e. The van der Waals surface area contributed by atoms with E-state index in [4.69, 9.17) is 33.4 Å². The third-order valence-corrected chi connectivity index (χ3v) is 3.93. The van der Waals surface area contributed by atoms with Crippen LogP contribution in [0.2, 0.25) is 10.0 Å². The fourth-order valence-electron chi connectivity index (χ4n) is 2.33. The van der Waals surface area contributed by atoms with Gasteiger partial charge in [-0.1, -0.05) is 35.3 Å². The number of fused-ring (bicyclic) bond motifs is 1. The summed E-state index contributed by atoms with van der Waals surface area (Å²) in [5, 5.41) is 2.37. The van der Waals surface area contributed by atoms with Crippen molar-refractivity contribution in [1.82, 2.24) is 0 Å². The summed E-state index contributed by atoms with van der Waals surface area (Å²) in [5.41, 5.74) is 9.08. The molecular formula is C16H13Cl2NO. The molecule has 2 N–H and O–H groups in total. The van der Waals surface area contributed by atoms with Gasteiger partial charge < -0.3 is 10.2 Å². The first-order valence-corrected chi connectivity index (χ1v) is 7.01. The van der Waals surface area contributed by atoms with Crippen LogP contribution < -0.4 is 5.73 Å². The highest BCUT2D eigenvalue weighted by Crippen LogP contribution is 2.33. The van der Waals surface area contributed by atoms with E-state index in [-0.39, 0.29) is 6.04 Å². The number of benzene rings is 2. The van der Waals surface area contributed by atoms with Gasteiger partial charge in [-0.3, -0.25) is 0 Å². The van der Waals surface area contributed by atoms with Gasteiger partial charge in [0.25, 0.3) is 0 Å². The summed E-state index contributed by atoms with van der Waals surface area (Å²) in [4.78, 5) is 0. The van der Waals surface area contributed by atoms with E-state index in [1.807, 2.05) is 49.4 Å². The Hall–Kier alpha value is -1.48. The van der Waals surface area contributed by atoms with Crippen LogP contribution in [0.1, 0.15) is 22.9 Å². The molecule has 4 heteroatoms. The minimum atomic E-state index is -0.321. The second-order valence-corrected chi connectivity index (χ2v) is 5.63. The van der Waals surface area contributed by atoms with Crippen molar-refractivity contribution in [1.29, 1.82) is 0 Å². The molecule has 0 aliphatic heterocycles. The summed E-state index contributed by atoms with van der Waals surface area (Å²) in [6, 6.07) is 12.7. The highest BCUT2D eigenvalue weighted by Gasteiger charge is 2.18. The van der Waals surface area contributed by atoms with Crippen molar-refractivity contribution in [2.75, 3.05) is 0 Å². The maximum atomic E-state index is 6.30. The molecule has 102 valence electrons. The maximum absolute atomic E-state index is 6.30. The number of halogens is 2. The molecule has 0 aliphatic carbocycles. The smallest absolute Gasteiger partial charge is 0.134 e. The average molecular weight is 306 g/mol. The Morgan fingerprint density at radius 2 is 1.65 bits per heavy atom. The van der Waals surface area contributed by atoms with Gasteiger partial charge in [0.2, 0.25) is 0 Å². The first kappa shape index (κ1) is 13.5. The molecule has 0 amide bonds. The predicted octanol–water partition coefficient (Wildman–Crippen LogP) is 5.10. The molecule has 2 aromatic carbocycles. The highest BCUT2D eigenvalue weighted by atomic mass is 35.5. The van der Waals surface area contributed by atoms with Crippen molar-refractivity contribution >= 4 is 34.2 Å². The van der Waals surface area contributed by atoms with Crippen LogP contribution >= 0.6 is 23.2 Å². The minimum Gasteiger partial charge on any atom is -0.459 e. The Labute approximate surface area is 127 Å². The van der Waals surface area contributed by atoms with Crippen LogP contribution in [-0.4, -0.2) is 0 Å². The van der Waals surface area contributed by atoms with E-state index >= 15 is 0 Å². The molecule has 0 aliphatic rings. The van der Waals surface area contributed by atoms with Gasteiger partial charge in [0.1, 0.15) is 11.3 Å². The molecule has 0 radical (unpaired) electrons. The zero-order valence-corrected chi connectivity index (χ0v) is 12.4. The van der Waals surface area contributed by atoms with Crippen LogP contribution in [0.3, 0.4) is 0 Å². The predicted molar refractivity (Wildman–Crippen MR) is 83.4 cm³/mol. The van der Waals surface area contributed by atoms with E-state index in [0.29, 0.717) is 10.0 Å². The van der Waals surface area contributed by atoms with E-state index in [2.05, 4.69) is 0 Å². The second-order valence-electron chi connectivity index (χ2n) is 4.76. The fourth-order valence-corrected chi connectivity index (χ4v) is 2.63. The number of rotatable bonds is 2. The van der Waals surface area contributed by atoms with E-state index in [0.717, 1.165) is 27.9 Å². The first-order chi connectivity index (χ1) is 9.56. The van der Waals surface area contributed by atoms with Gasteiger partial charge in [0, 0.05) is 21.0 Å². The van der Waals surface area contributed by atoms with Crippen LogP contribution in [0.25, 0.3) is 11.0 Å². The zero-order valence-electron chi connectivity index (χ0n) is 10.9. The van der Waals surface area contributed by atoms with Gasteiger partial charge in [0.15, 0.2) is 0 Å². The molecule has 20 heavy (non-hydrogen) atoms. The Kier molecular flexibility index (Phi) is 3.47. The zero-order chi connectivity index (χ0) is 14.3. The van der Waals surface area contributed by atoms with Crippen molar-refractivity contribution in [3.8, 4) is 0 Å². The van der Waals surface area contributed by atoms with Crippen LogP contribution in [0.4, 0.5) is 0 Å². The van der Waals surface area contributed by atoms with E-state index in [9.17, 15) is 0 Å². The first-order valence-electron chi connectivity index (χ1n) is 6.26. The lowest BCUT2D eigenvalue weighted by Crippen LogP contribution is -2.11. The number of hydrogen-bond donors (Lipinski definition) is 1. The summed E-state index contributed by atoms with van der Waals surface area (Å²) in [6.45, 7) is 1.99. The number of furan rings is 1. The summed E-state index contributed by atoms with van der Waals surface area (Å²) in [5.74, 6) is 0.754. The van der Waals surface area contributed by atoms with Crippen LogP contribution in [-0.2, 0) is 0 Å². The van der Waals surface area contributed by atoms with Crippen molar-refractivity contribution in [2.45, 2.75) is 13.0 Å². The summed E-state index contributed by atoms with van der Waals surface area (Å²) < 4.78 is 5.88. The molecule has 0 saturated carbocycles. The van der Waals surface area contributed by atoms with Gasteiger partial charge in [-0.25, -0.2) is 0 Å². The Bertz CT molecular complexity index is 762. The van der Waals surface area contributed by atoms with Gasteiger partial charge >= 0.3 is 0 Å². The topological polar surface area (TPSA) is 39.2 Å². The third kappa shape index (κ3) is 2.31. The fraction of sp³-hybridized carbons (Fsp3) is 0.125. The van der Waals surface area contributed by atoms with Crippen molar-refractivity contribution < 1.29 is 4.42 Å². The normalized spacial score (nSPS) is 12.8. The monoisotopic (exact) mass is 305 g/mol. The van der Waals surface area contributed by atoms with E-state index in [1.165, 1.54) is 0 Å². The quantitative estimate of drug-likeness (QED) is 0.715. The Morgan fingerprint density at radius 3 is 2.35 bits per heavy atom. The minimum absolute atomic E-state index is 0.321. The lowest BCUT2D eigenvalue weighted by atomic mass is 10.0. The average Bonchev–Trinajstić information content (AvgIpc) is 2.76. The lowest BCUT2D eigenvalue weighted by molar-refractivity contribution is 0.521. The molecule has 3 aromatic rings. The van der Waals surface area contributed by atoms with Crippen LogP contribution in [0.5, 0.6) is 0 Å². The van der Waals surface area contributed by atoms with Crippen molar-refractivity contribution in [3.05, 3.63) is 69.4 Å². The van der Waals surface area contributed by atoms with Crippen LogP contribution in [0.15, 0.2) is 46.9 Å². The summed E-state index contributed by atoms with van der Waals surface area (Å²) >= 11 is 11.9. The van der Waals surface area contributed by atoms with Crippen molar-refractivity contribution in [2.24, 2.45) is 5.73 Å². The van der Waals surface area contributed by atoms with Gasteiger partial charge in [-0.05, 0) is 42.8 Å². The molecular weight excluding hydrogens is 293 g/mol. The molecule has 1 atom stereocenters. The van der Waals surface area contributed by atoms with Gasteiger partial charge in [-0.2, -0.15) is 0 Å². The summed E-state index contributed by atoms with van der Waals surface area (Å²) in [7, 11) is 0. The molecule has 1 aromatic heterocycles. The highest BCUT2D eigenvalue weighted by molar-refractivity contribution is 6.31. The standard InChI is InChI=1S/C16H13Cl2NO/c1-9-13-8-12(18)6-7-14(13)20-16(9)15(19)10-2-4-11(17)5-3-10/h2-8,15H,19H2,1H3. The van der Waals surface area contributed by atoms with Gasteiger partial charge in [-0.15, -0.1) is 0 Å². The third-order valence-electron chi connectivity index (χ3n) is 3.45. The SMILES string of the molecule is Cc1c(C(N)c2ccc(Cl)cc2)oc2ccc(Cl)cc12.